The standard InChI is InChI=1S/C17H24F2N2O.ClH/c1-11(13-5-7-20-8-6-13)9-17(22)21-12(2)15-4-3-14(18)10-16(15)19;/h3-4,10-13,20H,5-9H2,1-2H3,(H,21,22);1H. The second-order valence-corrected chi connectivity index (χ2v) is 6.22. The van der Waals surface area contributed by atoms with Crippen LogP contribution in [0.2, 0.25) is 0 Å². The van der Waals surface area contributed by atoms with Gasteiger partial charge >= 0.3 is 0 Å². The zero-order valence-electron chi connectivity index (χ0n) is 13.6. The summed E-state index contributed by atoms with van der Waals surface area (Å²) < 4.78 is 26.6. The van der Waals surface area contributed by atoms with Gasteiger partial charge in [0, 0.05) is 18.1 Å². The molecular weight excluding hydrogens is 322 g/mol. The van der Waals surface area contributed by atoms with E-state index >= 15 is 0 Å². The molecule has 0 aromatic heterocycles. The van der Waals surface area contributed by atoms with Crippen LogP contribution in [0.25, 0.3) is 0 Å². The summed E-state index contributed by atoms with van der Waals surface area (Å²) in [7, 11) is 0. The molecule has 1 amide bonds. The van der Waals surface area contributed by atoms with Gasteiger partial charge in [0.05, 0.1) is 6.04 Å². The molecular formula is C17H25ClF2N2O. The van der Waals surface area contributed by atoms with Gasteiger partial charge in [-0.2, -0.15) is 0 Å². The van der Waals surface area contributed by atoms with Crippen molar-refractivity contribution in [3.8, 4) is 0 Å². The Bertz CT molecular complexity index is 521. The molecule has 2 rings (SSSR count). The van der Waals surface area contributed by atoms with Crippen LogP contribution < -0.4 is 10.6 Å². The first-order valence-corrected chi connectivity index (χ1v) is 7.92. The number of nitrogens with one attached hydrogen (secondary N) is 2. The molecule has 1 aliphatic rings. The van der Waals surface area contributed by atoms with Gasteiger partial charge in [0.15, 0.2) is 0 Å². The van der Waals surface area contributed by atoms with Gasteiger partial charge in [0.25, 0.3) is 0 Å². The first-order chi connectivity index (χ1) is 10.5. The molecule has 0 radical (unpaired) electrons. The minimum absolute atomic E-state index is 0. The molecule has 0 aliphatic carbocycles. The summed E-state index contributed by atoms with van der Waals surface area (Å²) in [6.07, 6.45) is 2.63. The van der Waals surface area contributed by atoms with Crippen molar-refractivity contribution in [3.05, 3.63) is 35.4 Å². The fourth-order valence-electron chi connectivity index (χ4n) is 3.10. The first-order valence-electron chi connectivity index (χ1n) is 7.92. The zero-order valence-corrected chi connectivity index (χ0v) is 14.4. The minimum Gasteiger partial charge on any atom is -0.349 e. The molecule has 6 heteroatoms. The Balaban J connectivity index is 0.00000264. The van der Waals surface area contributed by atoms with E-state index in [0.29, 0.717) is 23.8 Å². The largest absolute Gasteiger partial charge is 0.349 e. The molecule has 2 unspecified atom stereocenters. The number of piperidine rings is 1. The molecule has 0 saturated carbocycles. The monoisotopic (exact) mass is 346 g/mol. The Morgan fingerprint density at radius 2 is 1.96 bits per heavy atom. The van der Waals surface area contributed by atoms with Crippen molar-refractivity contribution in [2.75, 3.05) is 13.1 Å². The molecule has 2 N–H and O–H groups in total. The van der Waals surface area contributed by atoms with Crippen molar-refractivity contribution in [2.45, 2.75) is 39.2 Å². The Morgan fingerprint density at radius 1 is 1.30 bits per heavy atom. The molecule has 1 aromatic carbocycles. The summed E-state index contributed by atoms with van der Waals surface area (Å²) in [5.74, 6) is -0.446. The lowest BCUT2D eigenvalue weighted by Crippen LogP contribution is -2.34. The van der Waals surface area contributed by atoms with Gasteiger partial charge in [0.2, 0.25) is 5.91 Å². The summed E-state index contributed by atoms with van der Waals surface area (Å²) in [5, 5.41) is 6.12. The molecule has 1 saturated heterocycles. The third-order valence-electron chi connectivity index (χ3n) is 4.50. The predicted octanol–water partition coefficient (Wildman–Crippen LogP) is 3.59. The Hall–Kier alpha value is -1.20. The Morgan fingerprint density at radius 3 is 2.57 bits per heavy atom. The number of rotatable bonds is 5. The van der Waals surface area contributed by atoms with Crippen LogP contribution in [0.3, 0.4) is 0 Å². The van der Waals surface area contributed by atoms with Gasteiger partial charge in [-0.05, 0) is 50.8 Å². The van der Waals surface area contributed by atoms with Crippen LogP contribution in [0.1, 0.15) is 44.7 Å². The van der Waals surface area contributed by atoms with Crippen LogP contribution in [0, 0.1) is 23.5 Å². The van der Waals surface area contributed by atoms with E-state index in [1.165, 1.54) is 12.1 Å². The highest BCUT2D eigenvalue weighted by molar-refractivity contribution is 5.85. The summed E-state index contributed by atoms with van der Waals surface area (Å²) in [6.45, 7) is 5.82. The predicted molar refractivity (Wildman–Crippen MR) is 89.5 cm³/mol. The molecule has 0 spiro atoms. The third-order valence-corrected chi connectivity index (χ3v) is 4.50. The first kappa shape index (κ1) is 19.8. The number of hydrogen-bond acceptors (Lipinski definition) is 2. The second kappa shape index (κ2) is 9.18. The lowest BCUT2D eigenvalue weighted by molar-refractivity contribution is -0.123. The Labute approximate surface area is 142 Å². The topological polar surface area (TPSA) is 41.1 Å². The van der Waals surface area contributed by atoms with Crippen LogP contribution in [-0.4, -0.2) is 19.0 Å². The highest BCUT2D eigenvalue weighted by Gasteiger charge is 2.23. The minimum atomic E-state index is -0.626. The number of carbonyl (C=O) groups excluding carboxylic acids is 1. The molecule has 2 atom stereocenters. The molecule has 1 heterocycles. The van der Waals surface area contributed by atoms with Gasteiger partial charge in [-0.15, -0.1) is 12.4 Å². The van der Waals surface area contributed by atoms with Crippen molar-refractivity contribution >= 4 is 18.3 Å². The van der Waals surface area contributed by atoms with E-state index in [2.05, 4.69) is 17.6 Å². The van der Waals surface area contributed by atoms with Crippen LogP contribution in [-0.2, 0) is 4.79 Å². The maximum atomic E-state index is 13.7. The Kier molecular flexibility index (Phi) is 7.92. The highest BCUT2D eigenvalue weighted by Crippen LogP contribution is 2.25. The molecule has 1 aromatic rings. The lowest BCUT2D eigenvalue weighted by atomic mass is 9.84. The van der Waals surface area contributed by atoms with E-state index in [0.717, 1.165) is 32.0 Å². The number of amides is 1. The highest BCUT2D eigenvalue weighted by atomic mass is 35.5. The van der Waals surface area contributed by atoms with Gasteiger partial charge in [0.1, 0.15) is 11.6 Å². The van der Waals surface area contributed by atoms with Crippen LogP contribution in [0.4, 0.5) is 8.78 Å². The molecule has 0 bridgehead atoms. The van der Waals surface area contributed by atoms with Crippen molar-refractivity contribution in [3.63, 3.8) is 0 Å². The van der Waals surface area contributed by atoms with Crippen molar-refractivity contribution in [1.29, 1.82) is 0 Å². The van der Waals surface area contributed by atoms with Crippen LogP contribution in [0.5, 0.6) is 0 Å². The van der Waals surface area contributed by atoms with Gasteiger partial charge in [-0.25, -0.2) is 8.78 Å². The molecule has 23 heavy (non-hydrogen) atoms. The van der Waals surface area contributed by atoms with E-state index < -0.39 is 17.7 Å². The van der Waals surface area contributed by atoms with Crippen LogP contribution >= 0.6 is 12.4 Å². The van der Waals surface area contributed by atoms with Gasteiger partial charge < -0.3 is 10.6 Å². The quantitative estimate of drug-likeness (QED) is 0.855. The second-order valence-electron chi connectivity index (χ2n) is 6.22. The summed E-state index contributed by atoms with van der Waals surface area (Å²) in [4.78, 5) is 12.1. The van der Waals surface area contributed by atoms with Crippen molar-refractivity contribution in [1.82, 2.24) is 10.6 Å². The molecule has 1 aliphatic heterocycles. The van der Waals surface area contributed by atoms with E-state index in [-0.39, 0.29) is 18.3 Å². The third kappa shape index (κ3) is 5.74. The zero-order chi connectivity index (χ0) is 16.1. The van der Waals surface area contributed by atoms with Crippen molar-refractivity contribution in [2.24, 2.45) is 11.8 Å². The maximum Gasteiger partial charge on any atom is 0.220 e. The van der Waals surface area contributed by atoms with Crippen molar-refractivity contribution < 1.29 is 13.6 Å². The molecule has 1 fully saturated rings. The summed E-state index contributed by atoms with van der Waals surface area (Å²) >= 11 is 0. The maximum absolute atomic E-state index is 13.7. The number of hydrogen-bond donors (Lipinski definition) is 2. The van der Waals surface area contributed by atoms with Gasteiger partial charge in [-0.3, -0.25) is 4.79 Å². The van der Waals surface area contributed by atoms with E-state index in [1.54, 1.807) is 6.92 Å². The SMILES string of the molecule is CC(NC(=O)CC(C)C1CCNCC1)c1ccc(F)cc1F.Cl. The fraction of sp³-hybridized carbons (Fsp3) is 0.588. The molecule has 3 nitrogen and oxygen atoms in total. The van der Waals surface area contributed by atoms with Gasteiger partial charge in [-0.1, -0.05) is 13.0 Å². The smallest absolute Gasteiger partial charge is 0.220 e. The number of carbonyl (C=O) groups is 1. The summed E-state index contributed by atoms with van der Waals surface area (Å²) in [6, 6.07) is 2.97. The van der Waals surface area contributed by atoms with Crippen LogP contribution in [0.15, 0.2) is 18.2 Å². The van der Waals surface area contributed by atoms with E-state index in [1.807, 2.05) is 0 Å². The summed E-state index contributed by atoms with van der Waals surface area (Å²) in [5.41, 5.74) is 0.310. The average molecular weight is 347 g/mol. The average Bonchev–Trinajstić information content (AvgIpc) is 2.47. The normalized spacial score (nSPS) is 17.9. The number of benzene rings is 1. The molecule has 130 valence electrons. The fourth-order valence-corrected chi connectivity index (χ4v) is 3.10. The lowest BCUT2D eigenvalue weighted by Gasteiger charge is -2.28. The van der Waals surface area contributed by atoms with E-state index in [9.17, 15) is 13.6 Å². The number of halogens is 3. The van der Waals surface area contributed by atoms with E-state index in [4.69, 9.17) is 0 Å².